The van der Waals surface area contributed by atoms with Gasteiger partial charge in [-0.3, -0.25) is 4.55 Å². The Morgan fingerprint density at radius 2 is 2.24 bits per heavy atom. The van der Waals surface area contributed by atoms with Crippen LogP contribution in [0.25, 0.3) is 5.76 Å². The van der Waals surface area contributed by atoms with Crippen LogP contribution < -0.4 is 0 Å². The van der Waals surface area contributed by atoms with E-state index >= 15 is 0 Å². The molecule has 1 aromatic rings. The van der Waals surface area contributed by atoms with Crippen molar-refractivity contribution in [2.75, 3.05) is 13.1 Å². The lowest BCUT2D eigenvalue weighted by Gasteiger charge is -2.13. The Kier molecular flexibility index (Phi) is 3.19. The molecule has 17 heavy (non-hydrogen) atoms. The predicted molar refractivity (Wildman–Crippen MR) is 62.6 cm³/mol. The number of benzene rings is 1. The van der Waals surface area contributed by atoms with Crippen molar-refractivity contribution in [3.63, 3.8) is 0 Å². The van der Waals surface area contributed by atoms with E-state index in [1.54, 1.807) is 17.2 Å². The molecular weight excluding hydrogens is 242 g/mol. The zero-order valence-corrected chi connectivity index (χ0v) is 10.1. The zero-order chi connectivity index (χ0) is 12.5. The average Bonchev–Trinajstić information content (AvgIpc) is 2.76. The van der Waals surface area contributed by atoms with Gasteiger partial charge in [0.1, 0.15) is 0 Å². The number of hydroxylamine groups is 2. The Morgan fingerprint density at radius 1 is 1.47 bits per heavy atom. The van der Waals surface area contributed by atoms with Gasteiger partial charge in [-0.1, -0.05) is 12.1 Å². The summed E-state index contributed by atoms with van der Waals surface area (Å²) in [4.78, 5) is 5.35. The highest BCUT2D eigenvalue weighted by Gasteiger charge is 2.17. The van der Waals surface area contributed by atoms with Crippen LogP contribution in [0, 0.1) is 0 Å². The second kappa shape index (κ2) is 4.48. The smallest absolute Gasteiger partial charge is 0.294 e. The Bertz CT molecular complexity index is 550. The summed E-state index contributed by atoms with van der Waals surface area (Å²) in [6.45, 7) is 3.38. The fraction of sp³-hybridized carbons (Fsp3) is 0.273. The SMILES string of the molecule is CCN1CC=C(c2cccc(S(=O)(=O)O)c2)O1. The number of hydrogen-bond acceptors (Lipinski definition) is 4. The van der Waals surface area contributed by atoms with Crippen LogP contribution in [-0.2, 0) is 15.0 Å². The van der Waals surface area contributed by atoms with E-state index in [2.05, 4.69) is 0 Å². The van der Waals surface area contributed by atoms with Crippen LogP contribution in [0.1, 0.15) is 12.5 Å². The zero-order valence-electron chi connectivity index (χ0n) is 9.33. The molecule has 1 aliphatic heterocycles. The van der Waals surface area contributed by atoms with E-state index in [0.29, 0.717) is 17.9 Å². The minimum absolute atomic E-state index is 0.130. The molecule has 0 radical (unpaired) electrons. The minimum Gasteiger partial charge on any atom is -0.405 e. The second-order valence-corrected chi connectivity index (χ2v) is 5.06. The normalized spacial score (nSPS) is 16.7. The summed E-state index contributed by atoms with van der Waals surface area (Å²) in [7, 11) is -4.17. The lowest BCUT2D eigenvalue weighted by Crippen LogP contribution is -2.17. The summed E-state index contributed by atoms with van der Waals surface area (Å²) in [5, 5.41) is 1.75. The van der Waals surface area contributed by atoms with Crippen LogP contribution >= 0.6 is 0 Å². The van der Waals surface area contributed by atoms with Gasteiger partial charge in [-0.25, -0.2) is 0 Å². The van der Waals surface area contributed by atoms with Crippen molar-refractivity contribution in [2.24, 2.45) is 0 Å². The van der Waals surface area contributed by atoms with Crippen molar-refractivity contribution in [1.82, 2.24) is 5.06 Å². The van der Waals surface area contributed by atoms with Crippen molar-refractivity contribution >= 4 is 15.9 Å². The van der Waals surface area contributed by atoms with Crippen LogP contribution in [0.4, 0.5) is 0 Å². The standard InChI is InChI=1S/C11H13NO4S/c1-2-12-7-6-11(16-12)9-4-3-5-10(8-9)17(13,14)15/h3-6,8H,2,7H2,1H3,(H,13,14,15). The third-order valence-corrected chi connectivity index (χ3v) is 3.33. The second-order valence-electron chi connectivity index (χ2n) is 3.64. The van der Waals surface area contributed by atoms with Crippen LogP contribution in [0.3, 0.4) is 0 Å². The van der Waals surface area contributed by atoms with Gasteiger partial charge in [0, 0.05) is 12.1 Å². The molecule has 1 N–H and O–H groups in total. The van der Waals surface area contributed by atoms with Crippen molar-refractivity contribution in [1.29, 1.82) is 0 Å². The fourth-order valence-corrected chi connectivity index (χ4v) is 2.10. The lowest BCUT2D eigenvalue weighted by molar-refractivity contribution is -0.0559. The van der Waals surface area contributed by atoms with E-state index < -0.39 is 10.1 Å². The molecule has 0 spiro atoms. The topological polar surface area (TPSA) is 66.8 Å². The van der Waals surface area contributed by atoms with Crippen LogP contribution in [0.15, 0.2) is 35.2 Å². The molecule has 1 heterocycles. The number of likely N-dealkylation sites (N-methyl/N-ethyl adjacent to an activating group) is 1. The summed E-state index contributed by atoms with van der Waals surface area (Å²) < 4.78 is 31.0. The molecule has 0 fully saturated rings. The largest absolute Gasteiger partial charge is 0.405 e. The molecule has 0 saturated heterocycles. The highest BCUT2D eigenvalue weighted by Crippen LogP contribution is 2.24. The van der Waals surface area contributed by atoms with Crippen LogP contribution in [0.5, 0.6) is 0 Å². The van der Waals surface area contributed by atoms with Crippen molar-refractivity contribution in [2.45, 2.75) is 11.8 Å². The van der Waals surface area contributed by atoms with Gasteiger partial charge in [0.25, 0.3) is 10.1 Å². The highest BCUT2D eigenvalue weighted by atomic mass is 32.2. The maximum Gasteiger partial charge on any atom is 0.294 e. The van der Waals surface area contributed by atoms with Gasteiger partial charge in [0.15, 0.2) is 5.76 Å². The Labute approximate surface area is 100 Å². The van der Waals surface area contributed by atoms with E-state index in [9.17, 15) is 8.42 Å². The summed E-state index contributed by atoms with van der Waals surface area (Å²) >= 11 is 0. The van der Waals surface area contributed by atoms with Gasteiger partial charge in [-0.05, 0) is 25.1 Å². The molecule has 1 aromatic carbocycles. The molecule has 0 bridgehead atoms. The van der Waals surface area contributed by atoms with Crippen molar-refractivity contribution < 1.29 is 17.8 Å². The number of nitrogens with zero attached hydrogens (tertiary/aromatic N) is 1. The predicted octanol–water partition coefficient (Wildman–Crippen LogP) is 1.54. The van der Waals surface area contributed by atoms with E-state index in [1.165, 1.54) is 12.1 Å². The lowest BCUT2D eigenvalue weighted by atomic mass is 10.2. The van der Waals surface area contributed by atoms with E-state index in [4.69, 9.17) is 9.39 Å². The molecule has 92 valence electrons. The first-order valence-corrected chi connectivity index (χ1v) is 6.65. The summed E-state index contributed by atoms with van der Waals surface area (Å²) in [5.74, 6) is 0.609. The molecule has 5 nitrogen and oxygen atoms in total. The summed E-state index contributed by atoms with van der Waals surface area (Å²) in [6, 6.07) is 6.03. The third kappa shape index (κ3) is 2.66. The first kappa shape index (κ1) is 12.1. The summed E-state index contributed by atoms with van der Waals surface area (Å²) in [5.41, 5.74) is 0.635. The molecular formula is C11H13NO4S. The molecule has 0 atom stereocenters. The van der Waals surface area contributed by atoms with Gasteiger partial charge in [-0.2, -0.15) is 8.42 Å². The first-order valence-electron chi connectivity index (χ1n) is 5.21. The molecule has 1 aliphatic rings. The quantitative estimate of drug-likeness (QED) is 0.830. The Hall–Kier alpha value is -1.37. The molecule has 6 heteroatoms. The Balaban J connectivity index is 2.30. The van der Waals surface area contributed by atoms with E-state index in [1.807, 2.05) is 13.0 Å². The first-order chi connectivity index (χ1) is 8.00. The van der Waals surface area contributed by atoms with Gasteiger partial charge in [0.2, 0.25) is 0 Å². The maximum absolute atomic E-state index is 11.0. The molecule has 0 aliphatic carbocycles. The highest BCUT2D eigenvalue weighted by molar-refractivity contribution is 7.85. The van der Waals surface area contributed by atoms with Gasteiger partial charge < -0.3 is 4.84 Å². The molecule has 0 aromatic heterocycles. The molecule has 0 amide bonds. The molecule has 0 unspecified atom stereocenters. The van der Waals surface area contributed by atoms with Crippen LogP contribution in [0.2, 0.25) is 0 Å². The van der Waals surface area contributed by atoms with Gasteiger partial charge in [-0.15, -0.1) is 5.06 Å². The minimum atomic E-state index is -4.17. The monoisotopic (exact) mass is 255 g/mol. The molecule has 0 saturated carbocycles. The van der Waals surface area contributed by atoms with E-state index in [-0.39, 0.29) is 4.90 Å². The maximum atomic E-state index is 11.0. The number of rotatable bonds is 3. The Morgan fingerprint density at radius 3 is 2.82 bits per heavy atom. The van der Waals surface area contributed by atoms with Gasteiger partial charge in [0.05, 0.1) is 11.4 Å². The van der Waals surface area contributed by atoms with Crippen LogP contribution in [-0.4, -0.2) is 31.1 Å². The summed E-state index contributed by atoms with van der Waals surface area (Å²) in [6.07, 6.45) is 1.87. The van der Waals surface area contributed by atoms with Gasteiger partial charge >= 0.3 is 0 Å². The fourth-order valence-electron chi connectivity index (χ4n) is 1.57. The third-order valence-electron chi connectivity index (χ3n) is 2.48. The molecule has 2 rings (SSSR count). The van der Waals surface area contributed by atoms with Crippen molar-refractivity contribution in [3.8, 4) is 0 Å². The average molecular weight is 255 g/mol. The van der Waals surface area contributed by atoms with Crippen molar-refractivity contribution in [3.05, 3.63) is 35.9 Å². The van der Waals surface area contributed by atoms with E-state index in [0.717, 1.165) is 6.54 Å². The number of hydrogen-bond donors (Lipinski definition) is 1.